The van der Waals surface area contributed by atoms with Crippen LogP contribution in [0.2, 0.25) is 0 Å². The number of nitrogens with zero attached hydrogens (tertiary/aromatic N) is 1. The predicted octanol–water partition coefficient (Wildman–Crippen LogP) is 0.414. The summed E-state index contributed by atoms with van der Waals surface area (Å²) in [6.45, 7) is 0.230. The Balaban J connectivity index is 1.64. The maximum Gasteiger partial charge on any atom is 0.250 e. The van der Waals surface area contributed by atoms with Crippen LogP contribution < -0.4 is 10.6 Å². The second kappa shape index (κ2) is 6.72. The van der Waals surface area contributed by atoms with Crippen LogP contribution in [-0.2, 0) is 15.0 Å². The van der Waals surface area contributed by atoms with Crippen molar-refractivity contribution in [2.75, 3.05) is 18.9 Å². The van der Waals surface area contributed by atoms with Gasteiger partial charge in [0.15, 0.2) is 5.17 Å². The van der Waals surface area contributed by atoms with Gasteiger partial charge in [0.1, 0.15) is 6.04 Å². The summed E-state index contributed by atoms with van der Waals surface area (Å²) in [5.41, 5.74) is 0.388. The molecule has 0 spiro atoms. The van der Waals surface area contributed by atoms with E-state index in [4.69, 9.17) is 0 Å². The third-order valence-corrected chi connectivity index (χ3v) is 5.02. The van der Waals surface area contributed by atoms with Gasteiger partial charge in [0.25, 0.3) is 5.91 Å². The first kappa shape index (κ1) is 16.0. The molecule has 1 aromatic carbocycles. The first-order valence-corrected chi connectivity index (χ1v) is 8.60. The van der Waals surface area contributed by atoms with E-state index in [9.17, 15) is 14.7 Å². The van der Waals surface area contributed by atoms with Crippen molar-refractivity contribution in [3.05, 3.63) is 35.9 Å². The SMILES string of the molecule is O=C(NC1=NCCS1)[C@H](CO)NC(=O)C1(c2ccccc2)CC1. The molecule has 3 rings (SSSR count). The lowest BCUT2D eigenvalue weighted by atomic mass is 9.94. The summed E-state index contributed by atoms with van der Waals surface area (Å²) in [6, 6.07) is 8.58. The van der Waals surface area contributed by atoms with Crippen LogP contribution in [0.3, 0.4) is 0 Å². The van der Waals surface area contributed by atoms with E-state index in [2.05, 4.69) is 15.6 Å². The number of carbonyl (C=O) groups is 2. The van der Waals surface area contributed by atoms with Gasteiger partial charge >= 0.3 is 0 Å². The molecule has 1 atom stereocenters. The fourth-order valence-electron chi connectivity index (χ4n) is 2.62. The van der Waals surface area contributed by atoms with Crippen molar-refractivity contribution in [2.45, 2.75) is 24.3 Å². The van der Waals surface area contributed by atoms with E-state index >= 15 is 0 Å². The Bertz CT molecular complexity index is 629. The third kappa shape index (κ3) is 3.40. The normalized spacial score (nSPS) is 19.6. The summed E-state index contributed by atoms with van der Waals surface area (Å²) in [5.74, 6) is 0.194. The zero-order valence-electron chi connectivity index (χ0n) is 12.6. The van der Waals surface area contributed by atoms with E-state index in [1.807, 2.05) is 30.3 Å². The molecule has 0 aromatic heterocycles. The molecule has 1 aliphatic heterocycles. The molecule has 1 saturated carbocycles. The summed E-state index contributed by atoms with van der Waals surface area (Å²) in [4.78, 5) is 28.9. The van der Waals surface area contributed by atoms with Crippen LogP contribution in [0, 0.1) is 0 Å². The zero-order chi connectivity index (χ0) is 16.3. The largest absolute Gasteiger partial charge is 0.394 e. The minimum absolute atomic E-state index is 0.209. The van der Waals surface area contributed by atoms with Crippen molar-refractivity contribution < 1.29 is 14.7 Å². The number of thioether (sulfide) groups is 1. The highest BCUT2D eigenvalue weighted by molar-refractivity contribution is 8.14. The van der Waals surface area contributed by atoms with Crippen molar-refractivity contribution in [3.8, 4) is 0 Å². The fraction of sp³-hybridized carbons (Fsp3) is 0.438. The van der Waals surface area contributed by atoms with Crippen molar-refractivity contribution in [1.82, 2.24) is 10.6 Å². The Morgan fingerprint density at radius 1 is 1.30 bits per heavy atom. The summed E-state index contributed by atoms with van der Waals surface area (Å²) in [6.07, 6.45) is 1.51. The van der Waals surface area contributed by atoms with Gasteiger partial charge in [-0.2, -0.15) is 0 Å². The molecule has 1 aromatic rings. The van der Waals surface area contributed by atoms with E-state index in [0.717, 1.165) is 24.2 Å². The second-order valence-electron chi connectivity index (χ2n) is 5.68. The van der Waals surface area contributed by atoms with Crippen LogP contribution in [0.1, 0.15) is 18.4 Å². The molecule has 122 valence electrons. The predicted molar refractivity (Wildman–Crippen MR) is 89.3 cm³/mol. The van der Waals surface area contributed by atoms with E-state index < -0.39 is 24.0 Å². The Hall–Kier alpha value is -1.86. The summed E-state index contributed by atoms with van der Waals surface area (Å²) < 4.78 is 0. The number of hydrogen-bond acceptors (Lipinski definition) is 5. The van der Waals surface area contributed by atoms with Crippen LogP contribution >= 0.6 is 11.8 Å². The maximum atomic E-state index is 12.6. The van der Waals surface area contributed by atoms with Crippen molar-refractivity contribution in [2.24, 2.45) is 4.99 Å². The molecule has 7 heteroatoms. The maximum absolute atomic E-state index is 12.6. The number of rotatable bonds is 5. The number of aliphatic imine (C=N–C) groups is 1. The van der Waals surface area contributed by atoms with Gasteiger partial charge in [0.05, 0.1) is 18.6 Å². The number of aliphatic hydroxyl groups is 1. The summed E-state index contributed by atoms with van der Waals surface area (Å²) >= 11 is 1.46. The first-order chi connectivity index (χ1) is 11.2. The molecular formula is C16H19N3O3S. The molecule has 6 nitrogen and oxygen atoms in total. The van der Waals surface area contributed by atoms with E-state index in [1.165, 1.54) is 11.8 Å². The topological polar surface area (TPSA) is 90.8 Å². The average molecular weight is 333 g/mol. The highest BCUT2D eigenvalue weighted by atomic mass is 32.2. The number of nitrogens with one attached hydrogen (secondary N) is 2. The summed E-state index contributed by atoms with van der Waals surface area (Å²) in [5, 5.41) is 15.3. The Morgan fingerprint density at radius 2 is 2.04 bits per heavy atom. The molecule has 0 radical (unpaired) electrons. The zero-order valence-corrected chi connectivity index (χ0v) is 13.4. The molecule has 3 N–H and O–H groups in total. The number of hydrogen-bond donors (Lipinski definition) is 3. The standard InChI is InChI=1S/C16H19N3O3S/c20-10-12(13(21)19-15-17-8-9-23-15)18-14(22)16(6-7-16)11-4-2-1-3-5-11/h1-5,12,20H,6-10H2,(H,18,22)(H,17,19,21)/t12-/m0/s1. The van der Waals surface area contributed by atoms with Gasteiger partial charge in [0, 0.05) is 5.75 Å². The highest BCUT2D eigenvalue weighted by Crippen LogP contribution is 2.48. The van der Waals surface area contributed by atoms with Gasteiger partial charge in [0.2, 0.25) is 5.91 Å². The van der Waals surface area contributed by atoms with E-state index in [-0.39, 0.29) is 5.91 Å². The van der Waals surface area contributed by atoms with Crippen molar-refractivity contribution in [3.63, 3.8) is 0 Å². The Kier molecular flexibility index (Phi) is 4.68. The average Bonchev–Trinajstić information content (AvgIpc) is 3.24. The molecule has 1 fully saturated rings. The number of carbonyl (C=O) groups excluding carboxylic acids is 2. The first-order valence-electron chi connectivity index (χ1n) is 7.61. The lowest BCUT2D eigenvalue weighted by Crippen LogP contribution is -2.52. The van der Waals surface area contributed by atoms with Gasteiger partial charge < -0.3 is 15.7 Å². The smallest absolute Gasteiger partial charge is 0.250 e. The number of aliphatic hydroxyl groups excluding tert-OH is 1. The lowest BCUT2D eigenvalue weighted by molar-refractivity contribution is -0.130. The van der Waals surface area contributed by atoms with Crippen LogP contribution in [0.25, 0.3) is 0 Å². The highest BCUT2D eigenvalue weighted by Gasteiger charge is 2.51. The Labute approximate surface area is 138 Å². The quantitative estimate of drug-likeness (QED) is 0.728. The molecular weight excluding hydrogens is 314 g/mol. The fourth-order valence-corrected chi connectivity index (χ4v) is 3.35. The molecule has 2 amide bonds. The molecule has 1 heterocycles. The Morgan fingerprint density at radius 3 is 2.61 bits per heavy atom. The van der Waals surface area contributed by atoms with Crippen LogP contribution in [0.5, 0.6) is 0 Å². The van der Waals surface area contributed by atoms with Gasteiger partial charge in [-0.15, -0.1) is 0 Å². The van der Waals surface area contributed by atoms with Gasteiger partial charge in [-0.1, -0.05) is 42.1 Å². The van der Waals surface area contributed by atoms with Gasteiger partial charge in [-0.05, 0) is 18.4 Å². The van der Waals surface area contributed by atoms with Crippen molar-refractivity contribution >= 4 is 28.7 Å². The van der Waals surface area contributed by atoms with Crippen LogP contribution in [0.4, 0.5) is 0 Å². The number of benzene rings is 1. The molecule has 0 saturated heterocycles. The van der Waals surface area contributed by atoms with Gasteiger partial charge in [-0.3, -0.25) is 14.6 Å². The molecule has 0 unspecified atom stereocenters. The van der Waals surface area contributed by atoms with Crippen LogP contribution in [-0.4, -0.2) is 47.0 Å². The third-order valence-electron chi connectivity index (χ3n) is 4.13. The van der Waals surface area contributed by atoms with Crippen molar-refractivity contribution in [1.29, 1.82) is 0 Å². The minimum atomic E-state index is -0.965. The van der Waals surface area contributed by atoms with E-state index in [0.29, 0.717) is 11.7 Å². The summed E-state index contributed by atoms with van der Waals surface area (Å²) in [7, 11) is 0. The monoisotopic (exact) mass is 333 g/mol. The van der Waals surface area contributed by atoms with Crippen LogP contribution in [0.15, 0.2) is 35.3 Å². The number of amidine groups is 1. The lowest BCUT2D eigenvalue weighted by Gasteiger charge is -2.21. The van der Waals surface area contributed by atoms with Gasteiger partial charge in [-0.25, -0.2) is 0 Å². The minimum Gasteiger partial charge on any atom is -0.394 e. The second-order valence-corrected chi connectivity index (χ2v) is 6.76. The molecule has 0 bridgehead atoms. The number of amides is 2. The van der Waals surface area contributed by atoms with E-state index in [1.54, 1.807) is 0 Å². The molecule has 1 aliphatic carbocycles. The molecule has 2 aliphatic rings. The molecule has 23 heavy (non-hydrogen) atoms.